The summed E-state index contributed by atoms with van der Waals surface area (Å²) in [6.45, 7) is 5.99. The predicted octanol–water partition coefficient (Wildman–Crippen LogP) is 1.74. The fourth-order valence-electron chi connectivity index (χ4n) is 3.60. The number of nitrogens with one attached hydrogen (secondary N) is 2. The van der Waals surface area contributed by atoms with Crippen molar-refractivity contribution >= 4 is 11.9 Å². The smallest absolute Gasteiger partial charge is 0.318 e. The largest absolute Gasteiger partial charge is 0.354 e. The van der Waals surface area contributed by atoms with Gasteiger partial charge in [-0.05, 0) is 44.8 Å². The minimum absolute atomic E-state index is 0.0645. The Labute approximate surface area is 149 Å². The Hall–Kier alpha value is -2.08. The molecule has 0 spiro atoms. The number of carbonyl (C=O) groups excluding carboxylic acids is 2. The van der Waals surface area contributed by atoms with Gasteiger partial charge in [0.25, 0.3) is 0 Å². The number of urea groups is 1. The Morgan fingerprint density at radius 3 is 2.64 bits per heavy atom. The van der Waals surface area contributed by atoms with Crippen LogP contribution in [0.4, 0.5) is 4.79 Å². The molecule has 0 aromatic heterocycles. The summed E-state index contributed by atoms with van der Waals surface area (Å²) in [5.74, 6) is -0.0801. The van der Waals surface area contributed by atoms with E-state index in [9.17, 15) is 9.59 Å². The SMILES string of the molecule is C[C@@H]1C(=O)NCCCN1C(=O)N[C@H](CN1CCCC1)c1ccccc1. The predicted molar refractivity (Wildman–Crippen MR) is 97.2 cm³/mol. The van der Waals surface area contributed by atoms with Gasteiger partial charge in [-0.3, -0.25) is 4.79 Å². The molecule has 2 N–H and O–H groups in total. The average Bonchev–Trinajstić information content (AvgIpc) is 3.08. The van der Waals surface area contributed by atoms with Crippen LogP contribution in [0.25, 0.3) is 0 Å². The number of hydrogen-bond acceptors (Lipinski definition) is 3. The maximum absolute atomic E-state index is 12.9. The van der Waals surface area contributed by atoms with Crippen molar-refractivity contribution in [1.29, 1.82) is 0 Å². The van der Waals surface area contributed by atoms with Gasteiger partial charge < -0.3 is 20.4 Å². The third kappa shape index (κ3) is 4.51. The number of likely N-dealkylation sites (tertiary alicyclic amines) is 1. The van der Waals surface area contributed by atoms with Crippen LogP contribution < -0.4 is 10.6 Å². The Balaban J connectivity index is 1.72. The van der Waals surface area contributed by atoms with E-state index < -0.39 is 6.04 Å². The van der Waals surface area contributed by atoms with Crippen molar-refractivity contribution in [2.75, 3.05) is 32.7 Å². The van der Waals surface area contributed by atoms with Crippen molar-refractivity contribution < 1.29 is 9.59 Å². The molecule has 6 nitrogen and oxygen atoms in total. The molecule has 25 heavy (non-hydrogen) atoms. The van der Waals surface area contributed by atoms with E-state index in [1.807, 2.05) is 18.2 Å². The number of benzene rings is 1. The second kappa shape index (κ2) is 8.34. The Morgan fingerprint density at radius 1 is 1.20 bits per heavy atom. The average molecular weight is 344 g/mol. The molecule has 0 saturated carbocycles. The molecule has 2 heterocycles. The minimum atomic E-state index is -0.439. The molecular weight excluding hydrogens is 316 g/mol. The van der Waals surface area contributed by atoms with E-state index >= 15 is 0 Å². The van der Waals surface area contributed by atoms with E-state index in [4.69, 9.17) is 0 Å². The van der Waals surface area contributed by atoms with Crippen LogP contribution in [0, 0.1) is 0 Å². The molecule has 0 bridgehead atoms. The Morgan fingerprint density at radius 2 is 1.92 bits per heavy atom. The monoisotopic (exact) mass is 344 g/mol. The molecular formula is C19H28N4O2. The van der Waals surface area contributed by atoms with Crippen molar-refractivity contribution in [2.24, 2.45) is 0 Å². The molecule has 2 aliphatic rings. The van der Waals surface area contributed by atoms with Crippen molar-refractivity contribution in [3.63, 3.8) is 0 Å². The van der Waals surface area contributed by atoms with E-state index in [1.54, 1.807) is 11.8 Å². The molecule has 3 amide bonds. The van der Waals surface area contributed by atoms with Crippen LogP contribution >= 0.6 is 0 Å². The normalized spacial score (nSPS) is 23.0. The molecule has 6 heteroatoms. The standard InChI is InChI=1S/C19H28N4O2/c1-15-18(24)20-10-7-13-23(15)19(25)21-17(14-22-11-5-6-12-22)16-8-3-2-4-9-16/h2-4,8-9,15,17H,5-7,10-14H2,1H3,(H,20,24)(H,21,25)/t15-,17-/m1/s1. The summed E-state index contributed by atoms with van der Waals surface area (Å²) >= 11 is 0. The quantitative estimate of drug-likeness (QED) is 0.874. The highest BCUT2D eigenvalue weighted by atomic mass is 16.2. The lowest BCUT2D eigenvalue weighted by molar-refractivity contribution is -0.124. The maximum Gasteiger partial charge on any atom is 0.318 e. The zero-order chi connectivity index (χ0) is 17.6. The van der Waals surface area contributed by atoms with Crippen molar-refractivity contribution in [3.8, 4) is 0 Å². The Kier molecular flexibility index (Phi) is 5.91. The molecule has 1 aromatic rings. The molecule has 2 aliphatic heterocycles. The molecule has 3 rings (SSSR count). The summed E-state index contributed by atoms with van der Waals surface area (Å²) in [6.07, 6.45) is 3.23. The molecule has 0 radical (unpaired) electrons. The van der Waals surface area contributed by atoms with Gasteiger partial charge in [-0.2, -0.15) is 0 Å². The lowest BCUT2D eigenvalue weighted by Crippen LogP contribution is -2.51. The zero-order valence-electron chi connectivity index (χ0n) is 14.9. The molecule has 136 valence electrons. The number of carbonyl (C=O) groups is 2. The zero-order valence-corrected chi connectivity index (χ0v) is 14.9. The van der Waals surface area contributed by atoms with Gasteiger partial charge in [-0.15, -0.1) is 0 Å². The van der Waals surface area contributed by atoms with Crippen LogP contribution in [0.1, 0.15) is 37.8 Å². The van der Waals surface area contributed by atoms with E-state index in [0.717, 1.165) is 31.6 Å². The first-order valence-corrected chi connectivity index (χ1v) is 9.27. The molecule has 0 aliphatic carbocycles. The summed E-state index contributed by atoms with van der Waals surface area (Å²) in [7, 11) is 0. The van der Waals surface area contributed by atoms with Crippen LogP contribution in [-0.2, 0) is 4.79 Å². The fraction of sp³-hybridized carbons (Fsp3) is 0.579. The minimum Gasteiger partial charge on any atom is -0.354 e. The number of amides is 3. The van der Waals surface area contributed by atoms with Gasteiger partial charge in [0, 0.05) is 19.6 Å². The van der Waals surface area contributed by atoms with Gasteiger partial charge in [0.2, 0.25) is 5.91 Å². The lowest BCUT2D eigenvalue weighted by atomic mass is 10.1. The molecule has 2 fully saturated rings. The summed E-state index contributed by atoms with van der Waals surface area (Å²) in [4.78, 5) is 29.0. The lowest BCUT2D eigenvalue weighted by Gasteiger charge is -2.30. The third-order valence-corrected chi connectivity index (χ3v) is 5.12. The molecule has 0 unspecified atom stereocenters. The van der Waals surface area contributed by atoms with Crippen LogP contribution in [0.15, 0.2) is 30.3 Å². The van der Waals surface area contributed by atoms with E-state index in [1.165, 1.54) is 12.8 Å². The van der Waals surface area contributed by atoms with Crippen molar-refractivity contribution in [2.45, 2.75) is 38.3 Å². The number of hydrogen-bond donors (Lipinski definition) is 2. The summed E-state index contributed by atoms with van der Waals surface area (Å²) in [5.41, 5.74) is 1.11. The maximum atomic E-state index is 12.9. The van der Waals surface area contributed by atoms with Gasteiger partial charge in [0.1, 0.15) is 6.04 Å². The third-order valence-electron chi connectivity index (χ3n) is 5.12. The molecule has 2 saturated heterocycles. The van der Waals surface area contributed by atoms with Gasteiger partial charge in [0.05, 0.1) is 6.04 Å². The van der Waals surface area contributed by atoms with Gasteiger partial charge in [-0.1, -0.05) is 30.3 Å². The highest BCUT2D eigenvalue weighted by Crippen LogP contribution is 2.18. The van der Waals surface area contributed by atoms with Crippen molar-refractivity contribution in [3.05, 3.63) is 35.9 Å². The van der Waals surface area contributed by atoms with Crippen LogP contribution in [0.3, 0.4) is 0 Å². The van der Waals surface area contributed by atoms with E-state index in [0.29, 0.717) is 13.1 Å². The first-order valence-electron chi connectivity index (χ1n) is 9.27. The highest BCUT2D eigenvalue weighted by Gasteiger charge is 2.30. The number of rotatable bonds is 4. The van der Waals surface area contributed by atoms with Crippen LogP contribution in [0.5, 0.6) is 0 Å². The summed E-state index contributed by atoms with van der Waals surface area (Å²) < 4.78 is 0. The Bertz CT molecular complexity index is 586. The van der Waals surface area contributed by atoms with Crippen molar-refractivity contribution in [1.82, 2.24) is 20.4 Å². The first-order chi connectivity index (χ1) is 12.1. The van der Waals surface area contributed by atoms with E-state index in [2.05, 4.69) is 27.7 Å². The number of nitrogens with zero attached hydrogens (tertiary/aromatic N) is 2. The highest BCUT2D eigenvalue weighted by molar-refractivity contribution is 5.87. The van der Waals surface area contributed by atoms with Gasteiger partial charge >= 0.3 is 6.03 Å². The van der Waals surface area contributed by atoms with Crippen LogP contribution in [-0.4, -0.2) is 60.5 Å². The van der Waals surface area contributed by atoms with Gasteiger partial charge in [-0.25, -0.2) is 4.79 Å². The van der Waals surface area contributed by atoms with Gasteiger partial charge in [0.15, 0.2) is 0 Å². The topological polar surface area (TPSA) is 64.7 Å². The molecule has 2 atom stereocenters. The van der Waals surface area contributed by atoms with E-state index in [-0.39, 0.29) is 18.0 Å². The second-order valence-corrected chi connectivity index (χ2v) is 6.93. The first kappa shape index (κ1) is 17.7. The van der Waals surface area contributed by atoms with Crippen LogP contribution in [0.2, 0.25) is 0 Å². The second-order valence-electron chi connectivity index (χ2n) is 6.93. The fourth-order valence-corrected chi connectivity index (χ4v) is 3.60. The molecule has 1 aromatic carbocycles. The summed E-state index contributed by atoms with van der Waals surface area (Å²) in [5, 5.41) is 6.03. The summed E-state index contributed by atoms with van der Waals surface area (Å²) in [6, 6.07) is 9.44.